The number of hydrogen-bond donors (Lipinski definition) is 1. The van der Waals surface area contributed by atoms with Crippen molar-refractivity contribution in [3.05, 3.63) is 69.8 Å². The van der Waals surface area contributed by atoms with E-state index in [0.29, 0.717) is 12.5 Å². The number of nitrogens with one attached hydrogen (secondary N) is 1. The van der Waals surface area contributed by atoms with Crippen LogP contribution in [0, 0.1) is 27.4 Å². The minimum absolute atomic E-state index is 0.0487. The molecule has 3 rings (SSSR count). The van der Waals surface area contributed by atoms with Crippen LogP contribution in [0.2, 0.25) is 0 Å². The molecule has 1 aliphatic rings. The molecule has 8 nitrogen and oxygen atoms in total. The second-order valence-electron chi connectivity index (χ2n) is 7.22. The zero-order chi connectivity index (χ0) is 21.3. The van der Waals surface area contributed by atoms with Crippen LogP contribution >= 0.6 is 0 Å². The maximum absolute atomic E-state index is 11.9. The van der Waals surface area contributed by atoms with E-state index in [0.717, 1.165) is 31.2 Å². The maximum atomic E-state index is 11.9. The van der Waals surface area contributed by atoms with E-state index in [4.69, 9.17) is 9.47 Å². The molecule has 0 radical (unpaired) electrons. The number of ether oxygens (including phenoxy) is 2. The zero-order valence-electron chi connectivity index (χ0n) is 16.5. The van der Waals surface area contributed by atoms with Crippen LogP contribution in [-0.2, 0) is 11.3 Å². The molecule has 8 heteroatoms. The summed E-state index contributed by atoms with van der Waals surface area (Å²) in [6.07, 6.45) is 2.65. The second-order valence-corrected chi connectivity index (χ2v) is 7.22. The molecule has 0 spiro atoms. The van der Waals surface area contributed by atoms with E-state index in [1.54, 1.807) is 6.07 Å². The average molecular weight is 409 g/mol. The highest BCUT2D eigenvalue weighted by molar-refractivity contribution is 5.67. The molecule has 0 heterocycles. The van der Waals surface area contributed by atoms with Gasteiger partial charge in [0.2, 0.25) is 0 Å². The number of nitriles is 1. The molecule has 1 amide bonds. The van der Waals surface area contributed by atoms with Crippen LogP contribution in [0.5, 0.6) is 5.75 Å². The number of hydrogen-bond acceptors (Lipinski definition) is 6. The molecule has 2 aromatic carbocycles. The molecule has 156 valence electrons. The number of benzene rings is 2. The number of carbonyl (C=O) groups excluding carboxylic acids is 1. The fraction of sp³-hybridized carbons (Fsp3) is 0.364. The predicted octanol–water partition coefficient (Wildman–Crippen LogP) is 4.33. The topological polar surface area (TPSA) is 114 Å². The van der Waals surface area contributed by atoms with Gasteiger partial charge in [0.15, 0.2) is 5.56 Å². The lowest BCUT2D eigenvalue weighted by molar-refractivity contribution is -0.385. The molecule has 0 aromatic heterocycles. The van der Waals surface area contributed by atoms with Crippen molar-refractivity contribution in [2.45, 2.75) is 38.4 Å². The molecule has 0 unspecified atom stereocenters. The minimum atomic E-state index is -0.579. The van der Waals surface area contributed by atoms with Gasteiger partial charge in [-0.2, -0.15) is 5.26 Å². The van der Waals surface area contributed by atoms with Crippen molar-refractivity contribution < 1.29 is 19.2 Å². The highest BCUT2D eigenvalue weighted by atomic mass is 16.6. The monoisotopic (exact) mass is 409 g/mol. The van der Waals surface area contributed by atoms with Crippen LogP contribution < -0.4 is 10.1 Å². The summed E-state index contributed by atoms with van der Waals surface area (Å²) in [4.78, 5) is 22.4. The smallest absolute Gasteiger partial charge is 0.407 e. The fourth-order valence-corrected chi connectivity index (χ4v) is 3.52. The van der Waals surface area contributed by atoms with Gasteiger partial charge >= 0.3 is 6.09 Å². The molecule has 0 aliphatic heterocycles. The number of amides is 1. The molecule has 2 aromatic rings. The summed E-state index contributed by atoms with van der Waals surface area (Å²) < 4.78 is 11.1. The number of rotatable bonds is 7. The molecule has 1 saturated carbocycles. The summed E-state index contributed by atoms with van der Waals surface area (Å²) in [7, 11) is 0. The third kappa shape index (κ3) is 5.70. The van der Waals surface area contributed by atoms with Gasteiger partial charge < -0.3 is 14.8 Å². The normalized spacial score (nSPS) is 18.1. The third-order valence-corrected chi connectivity index (χ3v) is 5.15. The molecular formula is C22H23N3O5. The lowest BCUT2D eigenvalue weighted by Crippen LogP contribution is -2.33. The lowest BCUT2D eigenvalue weighted by Gasteiger charge is -2.29. The number of nitrogens with zero attached hydrogens (tertiary/aromatic N) is 2. The van der Waals surface area contributed by atoms with Crippen LogP contribution in [0.25, 0.3) is 0 Å². The maximum Gasteiger partial charge on any atom is 0.407 e. The number of nitro groups is 1. The highest BCUT2D eigenvalue weighted by Gasteiger charge is 2.25. The molecule has 30 heavy (non-hydrogen) atoms. The number of nitro benzene ring substituents is 1. The summed E-state index contributed by atoms with van der Waals surface area (Å²) in [5, 5.41) is 23.2. The van der Waals surface area contributed by atoms with Crippen molar-refractivity contribution in [1.29, 1.82) is 5.26 Å². The first-order chi connectivity index (χ1) is 14.6. The molecule has 1 aliphatic carbocycles. The van der Waals surface area contributed by atoms with Gasteiger partial charge in [-0.25, -0.2) is 4.79 Å². The van der Waals surface area contributed by atoms with E-state index in [9.17, 15) is 20.2 Å². The van der Waals surface area contributed by atoms with E-state index in [2.05, 4.69) is 5.32 Å². The Balaban J connectivity index is 1.42. The van der Waals surface area contributed by atoms with E-state index < -0.39 is 11.0 Å². The Kier molecular flexibility index (Phi) is 7.22. The first-order valence-corrected chi connectivity index (χ1v) is 9.85. The van der Waals surface area contributed by atoms with Crippen molar-refractivity contribution >= 4 is 11.8 Å². The quantitative estimate of drug-likeness (QED) is 0.538. The molecular weight excluding hydrogens is 386 g/mol. The van der Waals surface area contributed by atoms with E-state index >= 15 is 0 Å². The summed E-state index contributed by atoms with van der Waals surface area (Å²) in [5.74, 6) is 0.562. The zero-order valence-corrected chi connectivity index (χ0v) is 16.5. The standard InChI is InChI=1S/C22H23N3O5/c23-13-19-20(25(27)28)7-4-8-21(19)30-18-11-9-16(10-12-18)14-24-22(26)29-15-17-5-2-1-3-6-17/h1-8,16,18H,9-12,14-15H2,(H,24,26)/t16-,18-. The molecule has 1 N–H and O–H groups in total. The summed E-state index contributed by atoms with van der Waals surface area (Å²) in [6.45, 7) is 0.762. The van der Waals surface area contributed by atoms with Crippen molar-refractivity contribution in [2.24, 2.45) is 5.92 Å². The van der Waals surface area contributed by atoms with Crippen molar-refractivity contribution in [3.63, 3.8) is 0 Å². The van der Waals surface area contributed by atoms with E-state index in [-0.39, 0.29) is 29.7 Å². The number of alkyl carbamates (subject to hydrolysis) is 1. The average Bonchev–Trinajstić information content (AvgIpc) is 2.77. The van der Waals surface area contributed by atoms with Gasteiger partial charge in [-0.15, -0.1) is 0 Å². The Morgan fingerprint density at radius 3 is 2.53 bits per heavy atom. The van der Waals surface area contributed by atoms with Crippen LogP contribution in [-0.4, -0.2) is 23.7 Å². The van der Waals surface area contributed by atoms with E-state index in [1.807, 2.05) is 36.4 Å². The van der Waals surface area contributed by atoms with Crippen molar-refractivity contribution in [1.82, 2.24) is 5.32 Å². The summed E-state index contributed by atoms with van der Waals surface area (Å²) >= 11 is 0. The van der Waals surface area contributed by atoms with Gasteiger partial charge in [0.25, 0.3) is 5.69 Å². The van der Waals surface area contributed by atoms with Gasteiger partial charge in [0.05, 0.1) is 11.0 Å². The summed E-state index contributed by atoms with van der Waals surface area (Å²) in [5.41, 5.74) is 0.637. The van der Waals surface area contributed by atoms with Gasteiger partial charge in [-0.1, -0.05) is 36.4 Å². The first kappa shape index (κ1) is 21.1. The van der Waals surface area contributed by atoms with Crippen molar-refractivity contribution in [2.75, 3.05) is 6.54 Å². The van der Waals surface area contributed by atoms with Gasteiger partial charge in [-0.3, -0.25) is 10.1 Å². The number of carbonyl (C=O) groups is 1. The minimum Gasteiger partial charge on any atom is -0.489 e. The van der Waals surface area contributed by atoms with Crippen LogP contribution in [0.3, 0.4) is 0 Å². The largest absolute Gasteiger partial charge is 0.489 e. The van der Waals surface area contributed by atoms with E-state index in [1.165, 1.54) is 12.1 Å². The SMILES string of the molecule is N#Cc1c(O[C@H]2CC[C@H](CNC(=O)OCc3ccccc3)CC2)cccc1[N+](=O)[O-]. The predicted molar refractivity (Wildman–Crippen MR) is 109 cm³/mol. The molecule has 0 atom stereocenters. The molecule has 0 saturated heterocycles. The fourth-order valence-electron chi connectivity index (χ4n) is 3.52. The van der Waals surface area contributed by atoms with Gasteiger partial charge in [0.1, 0.15) is 18.4 Å². The third-order valence-electron chi connectivity index (χ3n) is 5.15. The van der Waals surface area contributed by atoms with Gasteiger partial charge in [-0.05, 0) is 43.2 Å². The first-order valence-electron chi connectivity index (χ1n) is 9.85. The van der Waals surface area contributed by atoms with Crippen molar-refractivity contribution in [3.8, 4) is 11.8 Å². The lowest BCUT2D eigenvalue weighted by atomic mass is 9.87. The Morgan fingerprint density at radius 1 is 1.13 bits per heavy atom. The highest BCUT2D eigenvalue weighted by Crippen LogP contribution is 2.32. The van der Waals surface area contributed by atoms with Crippen LogP contribution in [0.15, 0.2) is 48.5 Å². The van der Waals surface area contributed by atoms with Crippen LogP contribution in [0.1, 0.15) is 36.8 Å². The Bertz CT molecular complexity index is 918. The Labute approximate surface area is 174 Å². The molecule has 0 bridgehead atoms. The summed E-state index contributed by atoms with van der Waals surface area (Å²) in [6, 6.07) is 15.8. The molecule has 1 fully saturated rings. The van der Waals surface area contributed by atoms with Crippen LogP contribution in [0.4, 0.5) is 10.5 Å². The Morgan fingerprint density at radius 2 is 1.87 bits per heavy atom. The van der Waals surface area contributed by atoms with Gasteiger partial charge in [0, 0.05) is 12.6 Å². The second kappa shape index (κ2) is 10.3. The Hall–Kier alpha value is -3.60.